The van der Waals surface area contributed by atoms with Crippen LogP contribution < -0.4 is 9.62 Å². The van der Waals surface area contributed by atoms with E-state index in [-0.39, 0.29) is 30.0 Å². The van der Waals surface area contributed by atoms with Gasteiger partial charge in [-0.1, -0.05) is 36.7 Å². The first-order valence-electron chi connectivity index (χ1n) is 9.01. The van der Waals surface area contributed by atoms with Gasteiger partial charge in [-0.25, -0.2) is 13.2 Å². The molecule has 1 amide bonds. The van der Waals surface area contributed by atoms with E-state index in [2.05, 4.69) is 5.32 Å². The zero-order valence-corrected chi connectivity index (χ0v) is 18.0. The lowest BCUT2D eigenvalue weighted by atomic mass is 10.1. The maximum absolute atomic E-state index is 13.0. The summed E-state index contributed by atoms with van der Waals surface area (Å²) in [7, 11) is -3.80. The van der Waals surface area contributed by atoms with Gasteiger partial charge < -0.3 is 10.1 Å². The Morgan fingerprint density at radius 2 is 1.83 bits per heavy atom. The molecule has 0 fully saturated rings. The minimum absolute atomic E-state index is 0.186. The molecule has 29 heavy (non-hydrogen) atoms. The average molecular weight is 439 g/mol. The number of halogens is 1. The number of benzene rings is 2. The van der Waals surface area contributed by atoms with Crippen LogP contribution in [0.5, 0.6) is 0 Å². The predicted octanol–water partition coefficient (Wildman–Crippen LogP) is 3.70. The molecule has 2 aromatic carbocycles. The van der Waals surface area contributed by atoms with Gasteiger partial charge in [-0.3, -0.25) is 9.10 Å². The number of hydrogen-bond donors (Lipinski definition) is 1. The van der Waals surface area contributed by atoms with Crippen LogP contribution in [0.3, 0.4) is 0 Å². The van der Waals surface area contributed by atoms with E-state index in [1.165, 1.54) is 12.1 Å². The van der Waals surface area contributed by atoms with E-state index in [1.807, 2.05) is 0 Å². The first-order valence-corrected chi connectivity index (χ1v) is 11.2. The molecule has 0 unspecified atom stereocenters. The fourth-order valence-corrected chi connectivity index (χ4v) is 4.26. The maximum Gasteiger partial charge on any atom is 0.340 e. The normalized spacial score (nSPS) is 12.1. The van der Waals surface area contributed by atoms with Gasteiger partial charge in [0.25, 0.3) is 0 Å². The summed E-state index contributed by atoms with van der Waals surface area (Å²) in [6.45, 7) is 3.57. The highest BCUT2D eigenvalue weighted by molar-refractivity contribution is 7.92. The van der Waals surface area contributed by atoms with Crippen LogP contribution in [0.4, 0.5) is 11.4 Å². The number of carbonyl (C=O) groups excluding carboxylic acids is 2. The Morgan fingerprint density at radius 1 is 1.14 bits per heavy atom. The van der Waals surface area contributed by atoms with Gasteiger partial charge in [-0.05, 0) is 43.7 Å². The molecule has 2 rings (SSSR count). The van der Waals surface area contributed by atoms with Gasteiger partial charge in [-0.15, -0.1) is 0 Å². The van der Waals surface area contributed by atoms with Crippen LogP contribution >= 0.6 is 11.6 Å². The zero-order valence-electron chi connectivity index (χ0n) is 16.4. The Morgan fingerprint density at radius 3 is 2.41 bits per heavy atom. The Bertz CT molecular complexity index is 994. The molecule has 0 aromatic heterocycles. The van der Waals surface area contributed by atoms with E-state index in [4.69, 9.17) is 16.3 Å². The molecule has 2 aromatic rings. The second kappa shape index (κ2) is 9.76. The second-order valence-electron chi connectivity index (χ2n) is 6.22. The third-order valence-electron chi connectivity index (χ3n) is 4.07. The summed E-state index contributed by atoms with van der Waals surface area (Å²) in [6, 6.07) is 11.6. The van der Waals surface area contributed by atoms with Crippen molar-refractivity contribution in [2.24, 2.45) is 0 Å². The van der Waals surface area contributed by atoms with Gasteiger partial charge in [0.1, 0.15) is 6.04 Å². The lowest BCUT2D eigenvalue weighted by Gasteiger charge is -2.30. The van der Waals surface area contributed by atoms with Gasteiger partial charge in [-0.2, -0.15) is 0 Å². The van der Waals surface area contributed by atoms with E-state index < -0.39 is 27.9 Å². The van der Waals surface area contributed by atoms with Crippen molar-refractivity contribution in [1.29, 1.82) is 0 Å². The Kier molecular flexibility index (Phi) is 7.64. The van der Waals surface area contributed by atoms with Crippen LogP contribution in [-0.4, -0.2) is 39.2 Å². The Hall–Kier alpha value is -2.58. The van der Waals surface area contributed by atoms with E-state index in [0.29, 0.717) is 5.02 Å². The molecule has 0 radical (unpaired) electrons. The molecule has 0 aliphatic carbocycles. The zero-order chi connectivity index (χ0) is 21.6. The lowest BCUT2D eigenvalue weighted by molar-refractivity contribution is -0.117. The molecule has 0 aliphatic rings. The Labute approximate surface area is 175 Å². The molecule has 156 valence electrons. The van der Waals surface area contributed by atoms with Gasteiger partial charge >= 0.3 is 5.97 Å². The topological polar surface area (TPSA) is 92.8 Å². The van der Waals surface area contributed by atoms with Crippen molar-refractivity contribution in [2.45, 2.75) is 26.3 Å². The molecule has 0 bridgehead atoms. The molecule has 0 heterocycles. The summed E-state index contributed by atoms with van der Waals surface area (Å²) in [6.07, 6.45) is 1.23. The molecule has 0 saturated heterocycles. The summed E-state index contributed by atoms with van der Waals surface area (Å²) in [5.41, 5.74) is 0.709. The van der Waals surface area contributed by atoms with Crippen LogP contribution in [0.15, 0.2) is 48.5 Å². The molecular weight excluding hydrogens is 416 g/mol. The van der Waals surface area contributed by atoms with Gasteiger partial charge in [0, 0.05) is 5.02 Å². The second-order valence-corrected chi connectivity index (χ2v) is 8.51. The van der Waals surface area contributed by atoms with Crippen LogP contribution in [0.25, 0.3) is 0 Å². The fourth-order valence-electron chi connectivity index (χ4n) is 2.87. The van der Waals surface area contributed by atoms with Crippen LogP contribution in [0.1, 0.15) is 30.6 Å². The van der Waals surface area contributed by atoms with Crippen molar-refractivity contribution in [1.82, 2.24) is 0 Å². The van der Waals surface area contributed by atoms with Crippen LogP contribution in [0.2, 0.25) is 5.02 Å². The Balaban J connectivity index is 2.40. The number of ether oxygens (including phenoxy) is 1. The number of carbonyl (C=O) groups is 2. The highest BCUT2D eigenvalue weighted by Crippen LogP contribution is 2.26. The maximum atomic E-state index is 13.0. The molecule has 0 saturated carbocycles. The van der Waals surface area contributed by atoms with Crippen molar-refractivity contribution in [3.63, 3.8) is 0 Å². The quantitative estimate of drug-likeness (QED) is 0.634. The number of hydrogen-bond acceptors (Lipinski definition) is 5. The number of anilines is 2. The summed E-state index contributed by atoms with van der Waals surface area (Å²) < 4.78 is 31.0. The molecule has 9 heteroatoms. The number of rotatable bonds is 8. The summed E-state index contributed by atoms with van der Waals surface area (Å²) in [4.78, 5) is 25.2. The van der Waals surface area contributed by atoms with Gasteiger partial charge in [0.05, 0.1) is 29.8 Å². The fraction of sp³-hybridized carbons (Fsp3) is 0.300. The summed E-state index contributed by atoms with van der Waals surface area (Å²) in [5.74, 6) is -1.15. The smallest absolute Gasteiger partial charge is 0.340 e. The SMILES string of the molecule is CCOC(=O)c1ccccc1NC(=O)[C@@H](CC)N(c1cccc(Cl)c1)S(C)(=O)=O. The van der Waals surface area contributed by atoms with Gasteiger partial charge in [0.2, 0.25) is 15.9 Å². The van der Waals surface area contributed by atoms with Crippen molar-refractivity contribution < 1.29 is 22.7 Å². The molecule has 0 spiro atoms. The molecule has 1 N–H and O–H groups in total. The van der Waals surface area contributed by atoms with Crippen molar-refractivity contribution in [3.8, 4) is 0 Å². The standard InChI is InChI=1S/C20H23ClN2O5S/c1-4-18(23(29(3,26)27)15-10-8-9-14(21)13-15)19(24)22-17-12-7-6-11-16(17)20(25)28-5-2/h6-13,18H,4-5H2,1-3H3,(H,22,24)/t18-/m1/s1. The molecule has 7 nitrogen and oxygen atoms in total. The largest absolute Gasteiger partial charge is 0.462 e. The highest BCUT2D eigenvalue weighted by Gasteiger charge is 2.32. The first-order chi connectivity index (χ1) is 13.7. The first kappa shape index (κ1) is 22.7. The minimum atomic E-state index is -3.80. The number of amides is 1. The highest BCUT2D eigenvalue weighted by atomic mass is 35.5. The number of para-hydroxylation sites is 1. The number of nitrogens with zero attached hydrogens (tertiary/aromatic N) is 1. The van der Waals surface area contributed by atoms with Crippen molar-refractivity contribution >= 4 is 44.9 Å². The minimum Gasteiger partial charge on any atom is -0.462 e. The summed E-state index contributed by atoms with van der Waals surface area (Å²) in [5, 5.41) is 3.01. The number of esters is 1. The van der Waals surface area contributed by atoms with Crippen LogP contribution in [0, 0.1) is 0 Å². The molecule has 0 aliphatic heterocycles. The lowest BCUT2D eigenvalue weighted by Crippen LogP contribution is -2.47. The van der Waals surface area contributed by atoms with E-state index in [9.17, 15) is 18.0 Å². The van der Waals surface area contributed by atoms with E-state index in [0.717, 1.165) is 10.6 Å². The van der Waals surface area contributed by atoms with E-state index in [1.54, 1.807) is 50.2 Å². The summed E-state index contributed by atoms with van der Waals surface area (Å²) >= 11 is 6.01. The monoisotopic (exact) mass is 438 g/mol. The van der Waals surface area contributed by atoms with Crippen molar-refractivity contribution in [3.05, 3.63) is 59.1 Å². The van der Waals surface area contributed by atoms with Crippen molar-refractivity contribution in [2.75, 3.05) is 22.5 Å². The van der Waals surface area contributed by atoms with Gasteiger partial charge in [0.15, 0.2) is 0 Å². The predicted molar refractivity (Wildman–Crippen MR) is 114 cm³/mol. The third-order valence-corrected chi connectivity index (χ3v) is 5.49. The molecular formula is C20H23ClN2O5S. The number of sulfonamides is 1. The average Bonchev–Trinajstić information content (AvgIpc) is 2.65. The van der Waals surface area contributed by atoms with E-state index >= 15 is 0 Å². The molecule has 1 atom stereocenters. The van der Waals surface area contributed by atoms with Crippen LogP contribution in [-0.2, 0) is 19.6 Å². The third kappa shape index (κ3) is 5.71. The number of nitrogens with one attached hydrogen (secondary N) is 1.